The maximum absolute atomic E-state index is 11.5. The number of aryl methyl sites for hydroxylation is 2. The number of nitrogens with zero attached hydrogens (tertiary/aromatic N) is 2. The zero-order valence-electron chi connectivity index (χ0n) is 15.4. The van der Waals surface area contributed by atoms with E-state index in [1.54, 1.807) is 6.33 Å². The van der Waals surface area contributed by atoms with Gasteiger partial charge in [-0.2, -0.15) is 0 Å². The van der Waals surface area contributed by atoms with Crippen LogP contribution in [0.1, 0.15) is 62.3 Å². The van der Waals surface area contributed by atoms with Crippen molar-refractivity contribution in [1.29, 1.82) is 0 Å². The first-order chi connectivity index (χ1) is 12.7. The van der Waals surface area contributed by atoms with Gasteiger partial charge in [0, 0.05) is 17.3 Å². The number of fused-ring (bicyclic) bond motifs is 3. The van der Waals surface area contributed by atoms with Crippen molar-refractivity contribution >= 4 is 33.3 Å². The molecule has 1 fully saturated rings. The minimum Gasteiger partial charge on any atom is -0.466 e. The van der Waals surface area contributed by atoms with Crippen LogP contribution in [-0.4, -0.2) is 28.6 Å². The summed E-state index contributed by atoms with van der Waals surface area (Å²) in [5, 5.41) is 4.98. The van der Waals surface area contributed by atoms with Crippen LogP contribution in [0.25, 0.3) is 10.2 Å². The topological polar surface area (TPSA) is 64.1 Å². The molecule has 0 aliphatic heterocycles. The van der Waals surface area contributed by atoms with Gasteiger partial charge in [0.25, 0.3) is 0 Å². The number of carbonyl (C=O) groups excluding carboxylic acids is 1. The highest BCUT2D eigenvalue weighted by Gasteiger charge is 2.25. The third-order valence-corrected chi connectivity index (χ3v) is 6.95. The van der Waals surface area contributed by atoms with Crippen LogP contribution in [0.3, 0.4) is 0 Å². The maximum atomic E-state index is 11.5. The van der Waals surface area contributed by atoms with E-state index in [1.807, 2.05) is 18.3 Å². The molecular formula is C20H27N3O2S. The van der Waals surface area contributed by atoms with E-state index in [2.05, 4.69) is 15.3 Å². The molecule has 2 aromatic heterocycles. The average Bonchev–Trinajstić information content (AvgIpc) is 3.22. The predicted octanol–water partition coefficient (Wildman–Crippen LogP) is 4.49. The van der Waals surface area contributed by atoms with E-state index in [4.69, 9.17) is 4.74 Å². The number of anilines is 1. The molecule has 140 valence electrons. The molecule has 0 atom stereocenters. The van der Waals surface area contributed by atoms with Gasteiger partial charge in [-0.3, -0.25) is 4.79 Å². The van der Waals surface area contributed by atoms with Crippen LogP contribution in [0, 0.1) is 5.92 Å². The van der Waals surface area contributed by atoms with E-state index in [1.165, 1.54) is 41.5 Å². The number of carbonyl (C=O) groups is 1. The molecule has 0 bridgehead atoms. The van der Waals surface area contributed by atoms with E-state index in [0.717, 1.165) is 36.3 Å². The molecule has 2 aliphatic carbocycles. The maximum Gasteiger partial charge on any atom is 0.305 e. The standard InChI is InChI=1S/C20H27N3O2S/c1-2-25-17(24)11-8-13-6-9-14(10-7-13)23-19-18-15-4-3-5-16(15)26-20(18)22-12-21-19/h12-14H,2-11H2,1H3,(H,21,22,23). The van der Waals surface area contributed by atoms with Crippen molar-refractivity contribution in [3.63, 3.8) is 0 Å². The van der Waals surface area contributed by atoms with E-state index in [0.29, 0.717) is 25.0 Å². The minimum absolute atomic E-state index is 0.0533. The number of aromatic nitrogens is 2. The Hall–Kier alpha value is -1.69. The summed E-state index contributed by atoms with van der Waals surface area (Å²) < 4.78 is 5.04. The van der Waals surface area contributed by atoms with Crippen LogP contribution < -0.4 is 5.32 Å². The largest absolute Gasteiger partial charge is 0.466 e. The second-order valence-corrected chi connectivity index (χ2v) is 8.55. The fourth-order valence-electron chi connectivity index (χ4n) is 4.38. The van der Waals surface area contributed by atoms with Crippen LogP contribution in [0.15, 0.2) is 6.33 Å². The monoisotopic (exact) mass is 373 g/mol. The summed E-state index contributed by atoms with van der Waals surface area (Å²) >= 11 is 1.84. The van der Waals surface area contributed by atoms with Gasteiger partial charge in [-0.15, -0.1) is 11.3 Å². The third kappa shape index (κ3) is 3.70. The summed E-state index contributed by atoms with van der Waals surface area (Å²) in [6.45, 7) is 2.34. The molecule has 0 radical (unpaired) electrons. The Bertz CT molecular complexity index is 781. The fourth-order valence-corrected chi connectivity index (χ4v) is 5.61. The molecular weight excluding hydrogens is 346 g/mol. The Balaban J connectivity index is 1.35. The van der Waals surface area contributed by atoms with Crippen LogP contribution in [0.5, 0.6) is 0 Å². The zero-order valence-corrected chi connectivity index (χ0v) is 16.2. The van der Waals surface area contributed by atoms with Gasteiger partial charge < -0.3 is 10.1 Å². The van der Waals surface area contributed by atoms with Crippen molar-refractivity contribution in [3.8, 4) is 0 Å². The highest BCUT2D eigenvalue weighted by Crippen LogP contribution is 2.40. The number of hydrogen-bond donors (Lipinski definition) is 1. The molecule has 26 heavy (non-hydrogen) atoms. The molecule has 6 heteroatoms. The lowest BCUT2D eigenvalue weighted by Crippen LogP contribution is -2.27. The number of rotatable bonds is 6. The molecule has 0 amide bonds. The summed E-state index contributed by atoms with van der Waals surface area (Å²) in [6, 6.07) is 0.476. The summed E-state index contributed by atoms with van der Waals surface area (Å²) in [4.78, 5) is 23.2. The third-order valence-electron chi connectivity index (χ3n) is 5.75. The Labute approximate surface area is 158 Å². The van der Waals surface area contributed by atoms with Gasteiger partial charge in [-0.1, -0.05) is 0 Å². The van der Waals surface area contributed by atoms with Gasteiger partial charge >= 0.3 is 5.97 Å². The average molecular weight is 374 g/mol. The second kappa shape index (κ2) is 7.91. The molecule has 2 aromatic rings. The Morgan fingerprint density at radius 3 is 2.92 bits per heavy atom. The second-order valence-electron chi connectivity index (χ2n) is 7.47. The van der Waals surface area contributed by atoms with Crippen LogP contribution in [0.4, 0.5) is 5.82 Å². The lowest BCUT2D eigenvalue weighted by Gasteiger charge is -2.29. The number of nitrogens with one attached hydrogen (secondary N) is 1. The van der Waals surface area contributed by atoms with E-state index in [9.17, 15) is 4.79 Å². The van der Waals surface area contributed by atoms with Crippen molar-refractivity contribution in [1.82, 2.24) is 9.97 Å². The van der Waals surface area contributed by atoms with Gasteiger partial charge in [0.05, 0.1) is 12.0 Å². The number of esters is 1. The summed E-state index contributed by atoms with van der Waals surface area (Å²) in [5.74, 6) is 1.63. The Morgan fingerprint density at radius 2 is 2.12 bits per heavy atom. The highest BCUT2D eigenvalue weighted by atomic mass is 32.1. The van der Waals surface area contributed by atoms with Crippen molar-refractivity contribution in [2.75, 3.05) is 11.9 Å². The normalized spacial score (nSPS) is 22.3. The molecule has 1 saturated carbocycles. The minimum atomic E-state index is -0.0533. The van der Waals surface area contributed by atoms with E-state index < -0.39 is 0 Å². The van der Waals surface area contributed by atoms with Crippen LogP contribution >= 0.6 is 11.3 Å². The first kappa shape index (κ1) is 17.7. The van der Waals surface area contributed by atoms with Gasteiger partial charge in [0.1, 0.15) is 17.0 Å². The van der Waals surface area contributed by atoms with Gasteiger partial charge in [-0.25, -0.2) is 9.97 Å². The molecule has 0 aromatic carbocycles. The number of hydrogen-bond acceptors (Lipinski definition) is 6. The first-order valence-electron chi connectivity index (χ1n) is 9.92. The summed E-state index contributed by atoms with van der Waals surface area (Å²) in [6.07, 6.45) is 11.5. The molecule has 0 saturated heterocycles. The number of ether oxygens (including phenoxy) is 1. The first-order valence-corrected chi connectivity index (χ1v) is 10.7. The smallest absolute Gasteiger partial charge is 0.305 e. The molecule has 5 nitrogen and oxygen atoms in total. The number of thiophene rings is 1. The fraction of sp³-hybridized carbons (Fsp3) is 0.650. The van der Waals surface area contributed by atoms with Crippen molar-refractivity contribution < 1.29 is 9.53 Å². The van der Waals surface area contributed by atoms with Crippen molar-refractivity contribution in [2.24, 2.45) is 5.92 Å². The highest BCUT2D eigenvalue weighted by molar-refractivity contribution is 7.19. The molecule has 4 rings (SSSR count). The molecule has 2 heterocycles. The van der Waals surface area contributed by atoms with Crippen LogP contribution in [-0.2, 0) is 22.4 Å². The van der Waals surface area contributed by atoms with Gasteiger partial charge in [0.15, 0.2) is 0 Å². The molecule has 0 spiro atoms. The van der Waals surface area contributed by atoms with Crippen molar-refractivity contribution in [2.45, 2.75) is 70.8 Å². The quantitative estimate of drug-likeness (QED) is 0.756. The molecule has 2 aliphatic rings. The van der Waals surface area contributed by atoms with E-state index in [-0.39, 0.29) is 5.97 Å². The van der Waals surface area contributed by atoms with Crippen LogP contribution in [0.2, 0.25) is 0 Å². The predicted molar refractivity (Wildman–Crippen MR) is 105 cm³/mol. The lowest BCUT2D eigenvalue weighted by molar-refractivity contribution is -0.143. The van der Waals surface area contributed by atoms with Crippen molar-refractivity contribution in [3.05, 3.63) is 16.8 Å². The van der Waals surface area contributed by atoms with Gasteiger partial charge in [0.2, 0.25) is 0 Å². The summed E-state index contributed by atoms with van der Waals surface area (Å²) in [7, 11) is 0. The Kier molecular flexibility index (Phi) is 5.38. The van der Waals surface area contributed by atoms with Gasteiger partial charge in [-0.05, 0) is 69.8 Å². The molecule has 0 unspecified atom stereocenters. The molecule has 1 N–H and O–H groups in total. The summed E-state index contributed by atoms with van der Waals surface area (Å²) in [5.41, 5.74) is 1.48. The lowest BCUT2D eigenvalue weighted by atomic mass is 9.83. The zero-order chi connectivity index (χ0) is 17.9. The Morgan fingerprint density at radius 1 is 1.27 bits per heavy atom. The van der Waals surface area contributed by atoms with E-state index >= 15 is 0 Å². The SMILES string of the molecule is CCOC(=O)CCC1CCC(Nc2ncnc3sc4c(c23)CCC4)CC1.